The summed E-state index contributed by atoms with van der Waals surface area (Å²) in [6.45, 7) is 5.06. The van der Waals surface area contributed by atoms with Gasteiger partial charge in [0.2, 0.25) is 0 Å². The Morgan fingerprint density at radius 1 is 1.33 bits per heavy atom. The molecule has 0 saturated carbocycles. The van der Waals surface area contributed by atoms with E-state index in [2.05, 4.69) is 16.8 Å². The average molecular weight is 324 g/mol. The van der Waals surface area contributed by atoms with Crippen LogP contribution in [-0.4, -0.2) is 16.6 Å². The first kappa shape index (κ1) is 14.9. The Bertz CT molecular complexity index is 907. The van der Waals surface area contributed by atoms with E-state index < -0.39 is 0 Å². The van der Waals surface area contributed by atoms with Gasteiger partial charge in [-0.2, -0.15) is 0 Å². The number of hydrogen-bond donors (Lipinski definition) is 1. The van der Waals surface area contributed by atoms with E-state index in [1.165, 1.54) is 0 Å². The summed E-state index contributed by atoms with van der Waals surface area (Å²) >= 11 is 0. The van der Waals surface area contributed by atoms with Crippen LogP contribution in [-0.2, 0) is 13.1 Å². The lowest BCUT2D eigenvalue weighted by molar-refractivity contribution is 0.0932. The van der Waals surface area contributed by atoms with Gasteiger partial charge >= 0.3 is 0 Å². The van der Waals surface area contributed by atoms with Crippen LogP contribution in [0.1, 0.15) is 35.4 Å². The second kappa shape index (κ2) is 5.74. The summed E-state index contributed by atoms with van der Waals surface area (Å²) in [6.07, 6.45) is 0.996. The molecule has 1 atom stereocenters. The number of carbonyl (C=O) groups excluding carboxylic acids is 1. The molecule has 0 spiro atoms. The third-order valence-corrected chi connectivity index (χ3v) is 4.47. The standard InChI is InChI=1S/C19H20N2O3/c1-3-14-11-21-16(9-13-5-4-6-17(24-14)18(13)21)19(22)20-10-15-8-7-12(2)23-15/h4-9,14H,3,10-11H2,1-2H3,(H,20,22). The maximum atomic E-state index is 12.7. The molecule has 1 amide bonds. The number of rotatable bonds is 4. The molecule has 2 aromatic heterocycles. The SMILES string of the molecule is CCC1Cn2c(C(=O)NCc3ccc(C)o3)cc3cccc(c32)O1. The van der Waals surface area contributed by atoms with Crippen LogP contribution in [0.2, 0.25) is 0 Å². The van der Waals surface area contributed by atoms with Crippen molar-refractivity contribution in [3.05, 3.63) is 53.6 Å². The van der Waals surface area contributed by atoms with Crippen LogP contribution in [0.5, 0.6) is 5.75 Å². The molecule has 1 unspecified atom stereocenters. The summed E-state index contributed by atoms with van der Waals surface area (Å²) in [5.41, 5.74) is 1.67. The highest BCUT2D eigenvalue weighted by Gasteiger charge is 2.25. The predicted octanol–water partition coefficient (Wildman–Crippen LogP) is 3.64. The fourth-order valence-corrected chi connectivity index (χ4v) is 3.23. The summed E-state index contributed by atoms with van der Waals surface area (Å²) in [5.74, 6) is 2.36. The molecule has 0 radical (unpaired) electrons. The van der Waals surface area contributed by atoms with E-state index in [9.17, 15) is 4.79 Å². The minimum absolute atomic E-state index is 0.0924. The average Bonchev–Trinajstić information content (AvgIpc) is 3.18. The van der Waals surface area contributed by atoms with Gasteiger partial charge in [-0.15, -0.1) is 0 Å². The van der Waals surface area contributed by atoms with Crippen molar-refractivity contribution in [2.75, 3.05) is 0 Å². The molecule has 5 nitrogen and oxygen atoms in total. The molecular formula is C19H20N2O3. The molecule has 24 heavy (non-hydrogen) atoms. The van der Waals surface area contributed by atoms with Crippen LogP contribution in [0, 0.1) is 6.92 Å². The second-order valence-electron chi connectivity index (χ2n) is 6.18. The maximum Gasteiger partial charge on any atom is 0.268 e. The molecule has 124 valence electrons. The van der Waals surface area contributed by atoms with E-state index >= 15 is 0 Å². The van der Waals surface area contributed by atoms with Gasteiger partial charge in [-0.05, 0) is 37.6 Å². The van der Waals surface area contributed by atoms with Crippen LogP contribution in [0.3, 0.4) is 0 Å². The highest BCUT2D eigenvalue weighted by atomic mass is 16.5. The number of furan rings is 1. The van der Waals surface area contributed by atoms with Crippen LogP contribution < -0.4 is 10.1 Å². The van der Waals surface area contributed by atoms with Gasteiger partial charge in [-0.3, -0.25) is 4.79 Å². The second-order valence-corrected chi connectivity index (χ2v) is 6.18. The highest BCUT2D eigenvalue weighted by molar-refractivity contribution is 6.00. The third kappa shape index (κ3) is 2.46. The first-order chi connectivity index (χ1) is 11.7. The van der Waals surface area contributed by atoms with Crippen molar-refractivity contribution in [1.82, 2.24) is 9.88 Å². The lowest BCUT2D eigenvalue weighted by Crippen LogP contribution is -2.31. The smallest absolute Gasteiger partial charge is 0.268 e. The lowest BCUT2D eigenvalue weighted by atomic mass is 10.2. The van der Waals surface area contributed by atoms with E-state index in [0.717, 1.165) is 34.6 Å². The van der Waals surface area contributed by atoms with Gasteiger partial charge in [0, 0.05) is 5.39 Å². The van der Waals surface area contributed by atoms with Crippen molar-refractivity contribution in [3.63, 3.8) is 0 Å². The highest BCUT2D eigenvalue weighted by Crippen LogP contribution is 2.34. The Hall–Kier alpha value is -2.69. The van der Waals surface area contributed by atoms with Gasteiger partial charge in [0.1, 0.15) is 29.1 Å². The van der Waals surface area contributed by atoms with E-state index in [-0.39, 0.29) is 12.0 Å². The molecule has 0 saturated heterocycles. The molecule has 1 aliphatic rings. The van der Waals surface area contributed by atoms with Crippen molar-refractivity contribution >= 4 is 16.8 Å². The normalized spacial score (nSPS) is 16.2. The first-order valence-corrected chi connectivity index (χ1v) is 8.28. The summed E-state index contributed by atoms with van der Waals surface area (Å²) in [4.78, 5) is 12.7. The number of hydrogen-bond acceptors (Lipinski definition) is 3. The number of ether oxygens (including phenoxy) is 1. The van der Waals surface area contributed by atoms with Crippen molar-refractivity contribution in [2.45, 2.75) is 39.5 Å². The molecule has 5 heteroatoms. The number of aryl methyl sites for hydroxylation is 1. The zero-order valence-electron chi connectivity index (χ0n) is 13.8. The van der Waals surface area contributed by atoms with E-state index in [1.54, 1.807) is 0 Å². The van der Waals surface area contributed by atoms with E-state index in [4.69, 9.17) is 9.15 Å². The Morgan fingerprint density at radius 3 is 2.96 bits per heavy atom. The summed E-state index contributed by atoms with van der Waals surface area (Å²) in [5, 5.41) is 3.98. The summed E-state index contributed by atoms with van der Waals surface area (Å²) in [6, 6.07) is 11.7. The number of nitrogens with one attached hydrogen (secondary N) is 1. The van der Waals surface area contributed by atoms with Crippen LogP contribution in [0.15, 0.2) is 40.8 Å². The van der Waals surface area contributed by atoms with Gasteiger partial charge in [-0.1, -0.05) is 19.1 Å². The molecule has 3 heterocycles. The quantitative estimate of drug-likeness (QED) is 0.797. The molecule has 4 rings (SSSR count). The van der Waals surface area contributed by atoms with Gasteiger partial charge < -0.3 is 19.0 Å². The van der Waals surface area contributed by atoms with E-state index in [1.807, 2.05) is 43.3 Å². The number of para-hydroxylation sites is 1. The lowest BCUT2D eigenvalue weighted by Gasteiger charge is -2.26. The Balaban J connectivity index is 1.65. The van der Waals surface area contributed by atoms with Crippen LogP contribution in [0.25, 0.3) is 10.9 Å². The van der Waals surface area contributed by atoms with Gasteiger partial charge in [0.05, 0.1) is 18.6 Å². The molecule has 1 aromatic carbocycles. The zero-order chi connectivity index (χ0) is 16.7. The number of amides is 1. The minimum Gasteiger partial charge on any atom is -0.486 e. The number of nitrogens with zero attached hydrogens (tertiary/aromatic N) is 1. The van der Waals surface area contributed by atoms with Gasteiger partial charge in [0.25, 0.3) is 5.91 Å². The fraction of sp³-hybridized carbons (Fsp3) is 0.316. The van der Waals surface area contributed by atoms with Gasteiger partial charge in [-0.25, -0.2) is 0 Å². The molecule has 3 aromatic rings. The Kier molecular flexibility index (Phi) is 3.56. The number of benzene rings is 1. The monoisotopic (exact) mass is 324 g/mol. The predicted molar refractivity (Wildman–Crippen MR) is 91.3 cm³/mol. The van der Waals surface area contributed by atoms with Crippen LogP contribution >= 0.6 is 0 Å². The fourth-order valence-electron chi connectivity index (χ4n) is 3.23. The van der Waals surface area contributed by atoms with Crippen molar-refractivity contribution < 1.29 is 13.9 Å². The number of aromatic nitrogens is 1. The Morgan fingerprint density at radius 2 is 2.21 bits per heavy atom. The Labute approximate surface area is 140 Å². The van der Waals surface area contributed by atoms with E-state index in [0.29, 0.717) is 18.8 Å². The molecular weight excluding hydrogens is 304 g/mol. The summed E-state index contributed by atoms with van der Waals surface area (Å²) < 4.78 is 13.6. The molecule has 0 bridgehead atoms. The number of carbonyl (C=O) groups is 1. The molecule has 0 fully saturated rings. The van der Waals surface area contributed by atoms with Gasteiger partial charge in [0.15, 0.2) is 0 Å². The topological polar surface area (TPSA) is 56.4 Å². The van der Waals surface area contributed by atoms with Crippen LogP contribution in [0.4, 0.5) is 0 Å². The third-order valence-electron chi connectivity index (χ3n) is 4.47. The largest absolute Gasteiger partial charge is 0.486 e. The molecule has 1 N–H and O–H groups in total. The summed E-state index contributed by atoms with van der Waals surface area (Å²) in [7, 11) is 0. The molecule has 1 aliphatic heterocycles. The molecule has 0 aliphatic carbocycles. The van der Waals surface area contributed by atoms with Crippen molar-refractivity contribution in [2.24, 2.45) is 0 Å². The maximum absolute atomic E-state index is 12.7. The zero-order valence-corrected chi connectivity index (χ0v) is 13.8. The van der Waals surface area contributed by atoms with Crippen molar-refractivity contribution in [3.8, 4) is 5.75 Å². The first-order valence-electron chi connectivity index (χ1n) is 8.28. The van der Waals surface area contributed by atoms with Crippen molar-refractivity contribution in [1.29, 1.82) is 0 Å². The minimum atomic E-state index is -0.0945.